The summed E-state index contributed by atoms with van der Waals surface area (Å²) in [5, 5.41) is 11.1. The quantitative estimate of drug-likeness (QED) is 0.412. The van der Waals surface area contributed by atoms with Crippen molar-refractivity contribution < 1.29 is 4.74 Å². The first-order valence-corrected chi connectivity index (χ1v) is 8.03. The summed E-state index contributed by atoms with van der Waals surface area (Å²) in [6, 6.07) is 6.19. The van der Waals surface area contributed by atoms with Crippen molar-refractivity contribution in [2.45, 2.75) is 33.9 Å². The third-order valence-electron chi connectivity index (χ3n) is 4.20. The van der Waals surface area contributed by atoms with Crippen molar-refractivity contribution in [1.29, 1.82) is 0 Å². The lowest BCUT2D eigenvalue weighted by Gasteiger charge is -2.14. The molecule has 0 unspecified atom stereocenters. The number of halogens is 1. The van der Waals surface area contributed by atoms with Crippen LogP contribution in [0.2, 0.25) is 0 Å². The summed E-state index contributed by atoms with van der Waals surface area (Å²) in [4.78, 5) is 4.28. The minimum atomic E-state index is 0. The Morgan fingerprint density at radius 1 is 1.20 bits per heavy atom. The summed E-state index contributed by atoms with van der Waals surface area (Å²) in [6.45, 7) is 7.49. The fourth-order valence-electron chi connectivity index (χ4n) is 2.64. The number of rotatable bonds is 5. The van der Waals surface area contributed by atoms with Crippen LogP contribution in [0.4, 0.5) is 0 Å². The molecular weight excluding hydrogens is 429 g/mol. The maximum Gasteiger partial charge on any atom is 0.191 e. The summed E-state index contributed by atoms with van der Waals surface area (Å²) in [7, 11) is 5.42. The van der Waals surface area contributed by atoms with E-state index in [0.29, 0.717) is 13.1 Å². The molecule has 0 aliphatic rings. The van der Waals surface area contributed by atoms with Gasteiger partial charge in [0.25, 0.3) is 0 Å². The molecule has 0 atom stereocenters. The molecule has 0 aliphatic carbocycles. The average molecular weight is 457 g/mol. The van der Waals surface area contributed by atoms with Gasteiger partial charge in [-0.1, -0.05) is 12.1 Å². The number of methoxy groups -OCH3 is 1. The Morgan fingerprint density at radius 2 is 1.88 bits per heavy atom. The normalized spacial score (nSPS) is 11.0. The topological polar surface area (TPSA) is 63.5 Å². The van der Waals surface area contributed by atoms with E-state index in [1.54, 1.807) is 14.2 Å². The Balaban J connectivity index is 0.00000312. The molecule has 25 heavy (non-hydrogen) atoms. The highest BCUT2D eigenvalue weighted by atomic mass is 127. The van der Waals surface area contributed by atoms with Crippen LogP contribution in [0.3, 0.4) is 0 Å². The Kier molecular flexibility index (Phi) is 8.21. The van der Waals surface area contributed by atoms with Crippen LogP contribution in [0.1, 0.15) is 28.1 Å². The van der Waals surface area contributed by atoms with Crippen LogP contribution < -0.4 is 15.4 Å². The number of guanidine groups is 1. The molecule has 138 valence electrons. The second kappa shape index (κ2) is 9.65. The molecule has 2 aromatic rings. The molecule has 1 aromatic carbocycles. The van der Waals surface area contributed by atoms with Gasteiger partial charge in [0.2, 0.25) is 0 Å². The number of nitrogens with zero attached hydrogens (tertiary/aromatic N) is 3. The first kappa shape index (κ1) is 21.3. The molecule has 1 heterocycles. The summed E-state index contributed by atoms with van der Waals surface area (Å²) in [6.07, 6.45) is 0. The van der Waals surface area contributed by atoms with Crippen LogP contribution in [0.15, 0.2) is 23.2 Å². The van der Waals surface area contributed by atoms with Gasteiger partial charge in [0.05, 0.1) is 12.8 Å². The molecule has 0 bridgehead atoms. The van der Waals surface area contributed by atoms with Crippen molar-refractivity contribution >= 4 is 29.9 Å². The highest BCUT2D eigenvalue weighted by Gasteiger charge is 2.10. The van der Waals surface area contributed by atoms with Gasteiger partial charge in [0.1, 0.15) is 5.75 Å². The fourth-order valence-corrected chi connectivity index (χ4v) is 2.64. The van der Waals surface area contributed by atoms with Gasteiger partial charge in [-0.2, -0.15) is 5.10 Å². The highest BCUT2D eigenvalue weighted by molar-refractivity contribution is 14.0. The van der Waals surface area contributed by atoms with Gasteiger partial charge >= 0.3 is 0 Å². The molecule has 0 saturated heterocycles. The van der Waals surface area contributed by atoms with Crippen molar-refractivity contribution in [2.75, 3.05) is 14.2 Å². The van der Waals surface area contributed by atoms with Gasteiger partial charge in [0.15, 0.2) is 5.96 Å². The van der Waals surface area contributed by atoms with Gasteiger partial charge in [-0.3, -0.25) is 9.67 Å². The van der Waals surface area contributed by atoms with Crippen LogP contribution >= 0.6 is 24.0 Å². The number of aliphatic imine (C=N–C) groups is 1. The van der Waals surface area contributed by atoms with Gasteiger partial charge in [-0.25, -0.2) is 0 Å². The number of aromatic nitrogens is 2. The van der Waals surface area contributed by atoms with E-state index in [1.807, 2.05) is 24.7 Å². The van der Waals surface area contributed by atoms with E-state index >= 15 is 0 Å². The minimum absolute atomic E-state index is 0. The molecule has 2 N–H and O–H groups in total. The van der Waals surface area contributed by atoms with Crippen molar-refractivity contribution in [2.24, 2.45) is 12.0 Å². The van der Waals surface area contributed by atoms with E-state index in [-0.39, 0.29) is 24.0 Å². The maximum atomic E-state index is 5.44. The lowest BCUT2D eigenvalue weighted by atomic mass is 10.1. The highest BCUT2D eigenvalue weighted by Crippen LogP contribution is 2.19. The Hall–Kier alpha value is -1.77. The number of nitrogens with one attached hydrogen (secondary N) is 2. The smallest absolute Gasteiger partial charge is 0.191 e. The van der Waals surface area contributed by atoms with Gasteiger partial charge in [-0.05, 0) is 32.4 Å². The Bertz CT molecular complexity index is 739. The average Bonchev–Trinajstić information content (AvgIpc) is 2.81. The molecular formula is C18H28IN5O. The maximum absolute atomic E-state index is 5.44. The second-order valence-electron chi connectivity index (χ2n) is 5.87. The number of aryl methyl sites for hydroxylation is 3. The van der Waals surface area contributed by atoms with Gasteiger partial charge in [0, 0.05) is 44.0 Å². The monoisotopic (exact) mass is 457 g/mol. The van der Waals surface area contributed by atoms with Crippen LogP contribution in [0.25, 0.3) is 0 Å². The van der Waals surface area contributed by atoms with E-state index in [9.17, 15) is 0 Å². The zero-order valence-corrected chi connectivity index (χ0v) is 18.1. The lowest BCUT2D eigenvalue weighted by molar-refractivity contribution is 0.408. The molecule has 0 saturated carbocycles. The Labute approximate surface area is 167 Å². The van der Waals surface area contributed by atoms with E-state index in [1.165, 1.54) is 11.1 Å². The standard InChI is InChI=1S/C18H27N5O.HI/c1-12-7-8-15(17(9-12)24-6)10-20-18(19-4)21-11-16-13(2)22-23(5)14(16)3;/h7-9H,10-11H2,1-6H3,(H2,19,20,21);1H. The summed E-state index contributed by atoms with van der Waals surface area (Å²) < 4.78 is 7.35. The number of hydrogen-bond donors (Lipinski definition) is 2. The molecule has 7 heteroatoms. The zero-order valence-electron chi connectivity index (χ0n) is 15.8. The molecule has 0 aliphatic heterocycles. The number of hydrogen-bond acceptors (Lipinski definition) is 3. The third kappa shape index (κ3) is 5.35. The zero-order chi connectivity index (χ0) is 17.7. The van der Waals surface area contributed by atoms with Crippen molar-refractivity contribution in [3.05, 3.63) is 46.3 Å². The largest absolute Gasteiger partial charge is 0.496 e. The predicted molar refractivity (Wildman–Crippen MR) is 113 cm³/mol. The van der Waals surface area contributed by atoms with Crippen molar-refractivity contribution in [1.82, 2.24) is 20.4 Å². The van der Waals surface area contributed by atoms with Crippen LogP contribution in [-0.4, -0.2) is 29.9 Å². The fraction of sp³-hybridized carbons (Fsp3) is 0.444. The molecule has 0 radical (unpaired) electrons. The third-order valence-corrected chi connectivity index (χ3v) is 4.20. The molecule has 1 aromatic heterocycles. The van der Waals surface area contributed by atoms with E-state index < -0.39 is 0 Å². The van der Waals surface area contributed by atoms with E-state index in [0.717, 1.165) is 28.7 Å². The van der Waals surface area contributed by atoms with Crippen LogP contribution in [0, 0.1) is 20.8 Å². The van der Waals surface area contributed by atoms with Crippen molar-refractivity contribution in [3.63, 3.8) is 0 Å². The van der Waals surface area contributed by atoms with Crippen molar-refractivity contribution in [3.8, 4) is 5.75 Å². The van der Waals surface area contributed by atoms with Crippen LogP contribution in [0.5, 0.6) is 5.75 Å². The second-order valence-corrected chi connectivity index (χ2v) is 5.87. The van der Waals surface area contributed by atoms with Crippen LogP contribution in [-0.2, 0) is 20.1 Å². The summed E-state index contributed by atoms with van der Waals surface area (Å²) >= 11 is 0. The van der Waals surface area contributed by atoms with Gasteiger partial charge in [-0.15, -0.1) is 24.0 Å². The number of benzene rings is 1. The molecule has 0 spiro atoms. The molecule has 0 fully saturated rings. The molecule has 0 amide bonds. The van der Waals surface area contributed by atoms with E-state index in [2.05, 4.69) is 46.7 Å². The SMILES string of the molecule is CN=C(NCc1ccc(C)cc1OC)NCc1c(C)nn(C)c1C.I. The number of ether oxygens (including phenoxy) is 1. The Morgan fingerprint density at radius 3 is 2.44 bits per heavy atom. The molecule has 6 nitrogen and oxygen atoms in total. The summed E-state index contributed by atoms with van der Waals surface area (Å²) in [5.41, 5.74) is 5.68. The molecule has 2 rings (SSSR count). The predicted octanol–water partition coefficient (Wildman–Crippen LogP) is 2.84. The van der Waals surface area contributed by atoms with Gasteiger partial charge < -0.3 is 15.4 Å². The minimum Gasteiger partial charge on any atom is -0.496 e. The first-order chi connectivity index (χ1) is 11.5. The first-order valence-electron chi connectivity index (χ1n) is 8.03. The summed E-state index contributed by atoms with van der Waals surface area (Å²) in [5.74, 6) is 1.64. The lowest BCUT2D eigenvalue weighted by Crippen LogP contribution is -2.36. The van der Waals surface area contributed by atoms with E-state index in [4.69, 9.17) is 4.74 Å².